The highest BCUT2D eigenvalue weighted by molar-refractivity contribution is 5.29. The lowest BCUT2D eigenvalue weighted by Gasteiger charge is -2.43. The molecular formula is C11H17N3. The minimum Gasteiger partial charge on any atom is -0.371 e. The molecule has 14 heavy (non-hydrogen) atoms. The van der Waals surface area contributed by atoms with Crippen LogP contribution in [0.2, 0.25) is 0 Å². The second-order valence-electron chi connectivity index (χ2n) is 4.92. The van der Waals surface area contributed by atoms with Crippen LogP contribution in [0.3, 0.4) is 0 Å². The van der Waals surface area contributed by atoms with E-state index in [4.69, 9.17) is 0 Å². The molecule has 1 unspecified atom stereocenters. The smallest absolute Gasteiger partial charge is 0.104 e. The summed E-state index contributed by atoms with van der Waals surface area (Å²) >= 11 is 0. The first-order valence-corrected chi connectivity index (χ1v) is 5.88. The van der Waals surface area contributed by atoms with E-state index in [1.807, 2.05) is 0 Å². The van der Waals surface area contributed by atoms with Gasteiger partial charge in [0.1, 0.15) is 6.17 Å². The van der Waals surface area contributed by atoms with E-state index in [0.717, 1.165) is 0 Å². The van der Waals surface area contributed by atoms with Gasteiger partial charge in [0.2, 0.25) is 0 Å². The Balaban J connectivity index is 1.83. The minimum absolute atomic E-state index is 0.690. The largest absolute Gasteiger partial charge is 0.371 e. The summed E-state index contributed by atoms with van der Waals surface area (Å²) in [7, 11) is 0. The van der Waals surface area contributed by atoms with Crippen LogP contribution in [0.5, 0.6) is 0 Å². The van der Waals surface area contributed by atoms with Crippen LogP contribution in [0.1, 0.15) is 12.8 Å². The summed E-state index contributed by atoms with van der Waals surface area (Å²) in [6.45, 7) is 7.79. The van der Waals surface area contributed by atoms with E-state index in [1.165, 1.54) is 52.1 Å². The predicted octanol–water partition coefficient (Wildman–Crippen LogP) is 0.307. The van der Waals surface area contributed by atoms with Crippen LogP contribution < -0.4 is 0 Å². The summed E-state index contributed by atoms with van der Waals surface area (Å²) in [4.78, 5) is 8.00. The van der Waals surface area contributed by atoms with Gasteiger partial charge in [-0.15, -0.1) is 0 Å². The molecule has 0 aromatic carbocycles. The normalized spacial score (nSPS) is 36.9. The monoisotopic (exact) mass is 191 g/mol. The second-order valence-corrected chi connectivity index (χ2v) is 4.92. The molecule has 0 aromatic rings. The molecule has 0 amide bonds. The van der Waals surface area contributed by atoms with Crippen molar-refractivity contribution in [2.24, 2.45) is 0 Å². The Hall–Kier alpha value is -0.540. The van der Waals surface area contributed by atoms with Gasteiger partial charge in [-0.05, 0) is 18.4 Å². The first-order valence-electron chi connectivity index (χ1n) is 5.88. The summed E-state index contributed by atoms with van der Waals surface area (Å²) in [5, 5.41) is 0. The number of piperazine rings is 1. The first kappa shape index (κ1) is 7.71. The van der Waals surface area contributed by atoms with E-state index in [0.29, 0.717) is 6.17 Å². The molecule has 0 aromatic heterocycles. The Labute approximate surface area is 85.0 Å². The lowest BCUT2D eigenvalue weighted by molar-refractivity contribution is 0.0864. The molecule has 0 aliphatic carbocycles. The van der Waals surface area contributed by atoms with Gasteiger partial charge in [-0.2, -0.15) is 0 Å². The molecule has 0 radical (unpaired) electrons. The zero-order chi connectivity index (χ0) is 9.12. The molecule has 2 saturated heterocycles. The lowest BCUT2D eigenvalue weighted by Crippen LogP contribution is -2.53. The summed E-state index contributed by atoms with van der Waals surface area (Å²) in [6, 6.07) is 0. The van der Waals surface area contributed by atoms with Crippen LogP contribution >= 0.6 is 0 Å². The maximum Gasteiger partial charge on any atom is 0.104 e. The molecule has 0 N–H and O–H groups in total. The van der Waals surface area contributed by atoms with Gasteiger partial charge >= 0.3 is 0 Å². The van der Waals surface area contributed by atoms with Crippen molar-refractivity contribution in [3.05, 3.63) is 11.3 Å². The van der Waals surface area contributed by atoms with Crippen LogP contribution in [0, 0.1) is 0 Å². The van der Waals surface area contributed by atoms with Crippen LogP contribution in [0.15, 0.2) is 11.3 Å². The lowest BCUT2D eigenvalue weighted by atomic mass is 10.0. The molecular weight excluding hydrogens is 174 g/mol. The molecule has 0 bridgehead atoms. The van der Waals surface area contributed by atoms with E-state index < -0.39 is 0 Å². The average Bonchev–Trinajstić information content (AvgIpc) is 2.77. The van der Waals surface area contributed by atoms with Gasteiger partial charge in [0, 0.05) is 45.0 Å². The van der Waals surface area contributed by atoms with Crippen molar-refractivity contribution in [1.29, 1.82) is 0 Å². The van der Waals surface area contributed by atoms with E-state index in [2.05, 4.69) is 14.7 Å². The third kappa shape index (κ3) is 0.805. The maximum absolute atomic E-state index is 2.68. The Morgan fingerprint density at radius 1 is 0.786 bits per heavy atom. The maximum atomic E-state index is 2.68. The van der Waals surface area contributed by atoms with E-state index in [1.54, 1.807) is 11.3 Å². The molecule has 4 heterocycles. The second kappa shape index (κ2) is 2.52. The van der Waals surface area contributed by atoms with Gasteiger partial charge in [-0.25, -0.2) is 0 Å². The zero-order valence-corrected chi connectivity index (χ0v) is 8.58. The SMILES string of the molecule is C1CN2CCN3CCN4CCC1=C2C43. The van der Waals surface area contributed by atoms with Crippen molar-refractivity contribution in [3.8, 4) is 0 Å². The molecule has 1 atom stereocenters. The van der Waals surface area contributed by atoms with Gasteiger partial charge in [0.05, 0.1) is 0 Å². The number of hydrogen-bond acceptors (Lipinski definition) is 3. The Morgan fingerprint density at radius 2 is 1.50 bits per heavy atom. The van der Waals surface area contributed by atoms with Gasteiger partial charge < -0.3 is 4.90 Å². The van der Waals surface area contributed by atoms with Crippen LogP contribution in [0.4, 0.5) is 0 Å². The first-order chi connectivity index (χ1) is 6.93. The third-order valence-corrected chi connectivity index (χ3v) is 4.36. The summed E-state index contributed by atoms with van der Waals surface area (Å²) < 4.78 is 0. The summed E-state index contributed by atoms with van der Waals surface area (Å²) in [6.07, 6.45) is 3.39. The molecule has 0 saturated carbocycles. The zero-order valence-electron chi connectivity index (χ0n) is 8.58. The molecule has 2 fully saturated rings. The topological polar surface area (TPSA) is 9.72 Å². The van der Waals surface area contributed by atoms with Crippen molar-refractivity contribution in [2.45, 2.75) is 19.0 Å². The van der Waals surface area contributed by atoms with E-state index >= 15 is 0 Å². The molecule has 4 aliphatic rings. The van der Waals surface area contributed by atoms with Crippen LogP contribution in [-0.2, 0) is 0 Å². The summed E-state index contributed by atoms with van der Waals surface area (Å²) in [5.74, 6) is 0. The van der Waals surface area contributed by atoms with Gasteiger partial charge in [-0.1, -0.05) is 0 Å². The van der Waals surface area contributed by atoms with Crippen LogP contribution in [0.25, 0.3) is 0 Å². The highest BCUT2D eigenvalue weighted by Gasteiger charge is 2.45. The molecule has 0 spiro atoms. The van der Waals surface area contributed by atoms with Crippen molar-refractivity contribution in [1.82, 2.24) is 14.7 Å². The number of nitrogens with zero attached hydrogens (tertiary/aromatic N) is 3. The highest BCUT2D eigenvalue weighted by Crippen LogP contribution is 2.39. The fourth-order valence-electron chi connectivity index (χ4n) is 3.65. The Kier molecular flexibility index (Phi) is 1.39. The minimum atomic E-state index is 0.690. The molecule has 76 valence electrons. The van der Waals surface area contributed by atoms with Gasteiger partial charge in [0.15, 0.2) is 0 Å². The molecule has 3 heteroatoms. The predicted molar refractivity (Wildman–Crippen MR) is 54.8 cm³/mol. The van der Waals surface area contributed by atoms with Crippen LogP contribution in [-0.4, -0.2) is 60.1 Å². The number of hydrogen-bond donors (Lipinski definition) is 0. The van der Waals surface area contributed by atoms with E-state index in [9.17, 15) is 0 Å². The number of rotatable bonds is 0. The fourth-order valence-corrected chi connectivity index (χ4v) is 3.65. The fraction of sp³-hybridized carbons (Fsp3) is 0.818. The molecule has 4 rings (SSSR count). The molecule has 4 aliphatic heterocycles. The van der Waals surface area contributed by atoms with Crippen molar-refractivity contribution in [3.63, 3.8) is 0 Å². The van der Waals surface area contributed by atoms with Gasteiger partial charge in [0.25, 0.3) is 0 Å². The standard InChI is InChI=1S/C11H17N3/c1-3-12-5-6-14-8-7-13-4-2-9(1)10(12)11(13)14/h11H,1-8H2. The summed E-state index contributed by atoms with van der Waals surface area (Å²) in [5.41, 5.74) is 3.48. The average molecular weight is 191 g/mol. The highest BCUT2D eigenvalue weighted by atomic mass is 15.5. The third-order valence-electron chi connectivity index (χ3n) is 4.36. The van der Waals surface area contributed by atoms with Crippen molar-refractivity contribution < 1.29 is 0 Å². The van der Waals surface area contributed by atoms with Crippen molar-refractivity contribution in [2.75, 3.05) is 39.3 Å². The Morgan fingerprint density at radius 3 is 2.43 bits per heavy atom. The molecule has 3 nitrogen and oxygen atoms in total. The van der Waals surface area contributed by atoms with E-state index in [-0.39, 0.29) is 0 Å². The van der Waals surface area contributed by atoms with Crippen molar-refractivity contribution >= 4 is 0 Å². The quantitative estimate of drug-likeness (QED) is 0.545. The Bertz CT molecular complexity index is 310. The van der Waals surface area contributed by atoms with Gasteiger partial charge in [-0.3, -0.25) is 9.80 Å².